The molecular formula is C36H28Cl2N2O5S. The summed E-state index contributed by atoms with van der Waals surface area (Å²) < 4.78 is 19.1. The molecule has 0 N–H and O–H groups in total. The van der Waals surface area contributed by atoms with Gasteiger partial charge in [0.2, 0.25) is 0 Å². The number of rotatable bonds is 9. The smallest absolute Gasteiger partial charge is 0.338 e. The molecule has 0 unspecified atom stereocenters. The van der Waals surface area contributed by atoms with Crippen molar-refractivity contribution < 1.29 is 19.0 Å². The third-order valence-electron chi connectivity index (χ3n) is 7.39. The number of carbonyl (C=O) groups is 1. The Hall–Kier alpha value is -4.63. The molecule has 0 fully saturated rings. The minimum Gasteiger partial charge on any atom is -0.497 e. The Labute approximate surface area is 279 Å². The summed E-state index contributed by atoms with van der Waals surface area (Å²) in [4.78, 5) is 33.3. The first-order chi connectivity index (χ1) is 22.4. The van der Waals surface area contributed by atoms with E-state index >= 15 is 0 Å². The highest BCUT2D eigenvalue weighted by molar-refractivity contribution is 7.07. The second-order valence-corrected chi connectivity index (χ2v) is 12.1. The van der Waals surface area contributed by atoms with Gasteiger partial charge in [0, 0.05) is 11.1 Å². The molecule has 1 aromatic heterocycles. The standard InChI is InChI=1S/C36H28Cl2N2O5S/c1-3-44-35(42)31-32(23-9-5-4-6-10-23)39-36-40(33(31)24-14-16-26(43-2)17-15-24)34(41)30(46-36)20-25-11-7-8-12-29(25)45-21-22-13-18-27(37)28(38)19-22/h4-20,33H,3,21H2,1-2H3/b30-20-/t33-/m0/s1. The van der Waals surface area contributed by atoms with Crippen molar-refractivity contribution in [3.63, 3.8) is 0 Å². The number of para-hydroxylation sites is 1. The van der Waals surface area contributed by atoms with E-state index in [1.807, 2.05) is 72.8 Å². The maximum atomic E-state index is 14.3. The van der Waals surface area contributed by atoms with Crippen LogP contribution in [0, 0.1) is 0 Å². The van der Waals surface area contributed by atoms with Gasteiger partial charge in [-0.2, -0.15) is 0 Å². The van der Waals surface area contributed by atoms with Gasteiger partial charge in [0.05, 0.1) is 45.6 Å². The number of hydrogen-bond donors (Lipinski definition) is 0. The number of ether oxygens (including phenoxy) is 3. The number of methoxy groups -OCH3 is 1. The number of hydrogen-bond acceptors (Lipinski definition) is 7. The second-order valence-electron chi connectivity index (χ2n) is 10.3. The van der Waals surface area contributed by atoms with Crippen molar-refractivity contribution in [2.45, 2.75) is 19.6 Å². The van der Waals surface area contributed by atoms with Crippen LogP contribution in [0.3, 0.4) is 0 Å². The molecule has 0 saturated carbocycles. The zero-order valence-electron chi connectivity index (χ0n) is 24.9. The van der Waals surface area contributed by atoms with Gasteiger partial charge in [-0.15, -0.1) is 0 Å². The van der Waals surface area contributed by atoms with Gasteiger partial charge in [0.1, 0.15) is 18.1 Å². The van der Waals surface area contributed by atoms with Gasteiger partial charge in [-0.25, -0.2) is 9.79 Å². The van der Waals surface area contributed by atoms with Crippen molar-refractivity contribution in [1.82, 2.24) is 4.57 Å². The molecule has 1 atom stereocenters. The number of nitrogens with zero attached hydrogens (tertiary/aromatic N) is 2. The Bertz CT molecular complexity index is 2120. The van der Waals surface area contributed by atoms with Crippen LogP contribution in [0.1, 0.15) is 35.2 Å². The Kier molecular flexibility index (Phi) is 9.40. The van der Waals surface area contributed by atoms with E-state index in [0.29, 0.717) is 47.7 Å². The van der Waals surface area contributed by atoms with E-state index in [1.165, 1.54) is 11.3 Å². The lowest BCUT2D eigenvalue weighted by atomic mass is 9.93. The molecular weight excluding hydrogens is 643 g/mol. The van der Waals surface area contributed by atoms with Crippen molar-refractivity contribution >= 4 is 52.3 Å². The van der Waals surface area contributed by atoms with Crippen LogP contribution in [0.4, 0.5) is 0 Å². The summed E-state index contributed by atoms with van der Waals surface area (Å²) >= 11 is 13.5. The Morgan fingerprint density at radius 2 is 1.70 bits per heavy atom. The molecule has 1 aliphatic heterocycles. The quantitative estimate of drug-likeness (QED) is 0.161. The molecule has 0 aliphatic carbocycles. The van der Waals surface area contributed by atoms with Crippen molar-refractivity contribution in [2.24, 2.45) is 4.99 Å². The first kappa shape index (κ1) is 31.4. The van der Waals surface area contributed by atoms with Gasteiger partial charge in [0.25, 0.3) is 5.56 Å². The minimum atomic E-state index is -0.792. The predicted molar refractivity (Wildman–Crippen MR) is 181 cm³/mol. The largest absolute Gasteiger partial charge is 0.497 e. The Morgan fingerprint density at radius 3 is 2.41 bits per heavy atom. The molecule has 0 saturated heterocycles. The lowest BCUT2D eigenvalue weighted by molar-refractivity contribution is -0.138. The molecule has 46 heavy (non-hydrogen) atoms. The zero-order chi connectivity index (χ0) is 32.2. The number of esters is 1. The average Bonchev–Trinajstić information content (AvgIpc) is 3.39. The summed E-state index contributed by atoms with van der Waals surface area (Å²) in [5, 5.41) is 0.913. The molecule has 6 rings (SSSR count). The Morgan fingerprint density at radius 1 is 0.957 bits per heavy atom. The summed E-state index contributed by atoms with van der Waals surface area (Å²) in [7, 11) is 1.59. The maximum Gasteiger partial charge on any atom is 0.338 e. The third kappa shape index (κ3) is 6.37. The molecule has 0 radical (unpaired) electrons. The van der Waals surface area contributed by atoms with Gasteiger partial charge in [-0.1, -0.05) is 101 Å². The van der Waals surface area contributed by atoms with Gasteiger partial charge in [0.15, 0.2) is 4.80 Å². The van der Waals surface area contributed by atoms with E-state index in [2.05, 4.69) is 0 Å². The highest BCUT2D eigenvalue weighted by Crippen LogP contribution is 2.36. The molecule has 7 nitrogen and oxygen atoms in total. The molecule has 0 bridgehead atoms. The van der Waals surface area contributed by atoms with E-state index in [4.69, 9.17) is 42.4 Å². The predicted octanol–water partition coefficient (Wildman–Crippen LogP) is 6.83. The number of fused-ring (bicyclic) bond motifs is 1. The molecule has 2 heterocycles. The van der Waals surface area contributed by atoms with Gasteiger partial charge in [-0.3, -0.25) is 9.36 Å². The van der Waals surface area contributed by atoms with E-state index in [-0.39, 0.29) is 24.3 Å². The number of carbonyl (C=O) groups excluding carboxylic acids is 1. The lowest BCUT2D eigenvalue weighted by Gasteiger charge is -2.26. The van der Waals surface area contributed by atoms with E-state index < -0.39 is 12.0 Å². The van der Waals surface area contributed by atoms with Crippen LogP contribution in [0.2, 0.25) is 10.0 Å². The SMILES string of the molecule is CCOC(=O)C1=C(c2ccccc2)N=c2s/c(=C\c3ccccc3OCc3ccc(Cl)c(Cl)c3)c(=O)n2[C@H]1c1ccc(OC)cc1. The molecule has 0 spiro atoms. The Balaban J connectivity index is 1.50. The molecule has 10 heteroatoms. The fourth-order valence-corrected chi connectivity index (χ4v) is 6.52. The summed E-state index contributed by atoms with van der Waals surface area (Å²) in [6, 6.07) is 28.7. The topological polar surface area (TPSA) is 79.1 Å². The third-order valence-corrected chi connectivity index (χ3v) is 9.11. The first-order valence-electron chi connectivity index (χ1n) is 14.5. The summed E-state index contributed by atoms with van der Waals surface area (Å²) in [6.07, 6.45) is 1.79. The van der Waals surface area contributed by atoms with Crippen LogP contribution >= 0.6 is 34.5 Å². The summed E-state index contributed by atoms with van der Waals surface area (Å²) in [5.41, 5.74) is 3.45. The monoisotopic (exact) mass is 670 g/mol. The maximum absolute atomic E-state index is 14.3. The van der Waals surface area contributed by atoms with Gasteiger partial charge < -0.3 is 14.2 Å². The molecule has 5 aromatic rings. The first-order valence-corrected chi connectivity index (χ1v) is 16.0. The highest BCUT2D eigenvalue weighted by atomic mass is 35.5. The fourth-order valence-electron chi connectivity index (χ4n) is 5.20. The normalized spacial score (nSPS) is 14.4. The molecule has 4 aromatic carbocycles. The van der Waals surface area contributed by atoms with Crippen molar-refractivity contribution in [3.05, 3.63) is 155 Å². The number of benzene rings is 4. The van der Waals surface area contributed by atoms with Gasteiger partial charge in [-0.05, 0) is 54.5 Å². The molecule has 232 valence electrons. The van der Waals surface area contributed by atoms with Crippen molar-refractivity contribution in [2.75, 3.05) is 13.7 Å². The van der Waals surface area contributed by atoms with Crippen LogP contribution in [-0.4, -0.2) is 24.3 Å². The van der Waals surface area contributed by atoms with Gasteiger partial charge >= 0.3 is 5.97 Å². The summed E-state index contributed by atoms with van der Waals surface area (Å²) in [6.45, 7) is 2.17. The van der Waals surface area contributed by atoms with Crippen LogP contribution in [-0.2, 0) is 16.1 Å². The second kappa shape index (κ2) is 13.8. The zero-order valence-corrected chi connectivity index (χ0v) is 27.2. The van der Waals surface area contributed by atoms with Crippen molar-refractivity contribution in [3.8, 4) is 11.5 Å². The van der Waals surface area contributed by atoms with Crippen LogP contribution in [0.15, 0.2) is 112 Å². The highest BCUT2D eigenvalue weighted by Gasteiger charge is 2.35. The van der Waals surface area contributed by atoms with E-state index in [1.54, 1.807) is 48.9 Å². The minimum absolute atomic E-state index is 0.170. The lowest BCUT2D eigenvalue weighted by Crippen LogP contribution is -2.40. The van der Waals surface area contributed by atoms with Crippen LogP contribution < -0.4 is 24.4 Å². The summed E-state index contributed by atoms with van der Waals surface area (Å²) in [5.74, 6) is 0.697. The fraction of sp³-hybridized carbons (Fsp3) is 0.139. The number of thiazole rings is 1. The van der Waals surface area contributed by atoms with Crippen LogP contribution in [0.25, 0.3) is 11.8 Å². The average molecular weight is 672 g/mol. The van der Waals surface area contributed by atoms with E-state index in [0.717, 1.165) is 11.1 Å². The molecule has 0 amide bonds. The number of halogens is 2. The van der Waals surface area contributed by atoms with E-state index in [9.17, 15) is 9.59 Å². The molecule has 1 aliphatic rings. The number of aromatic nitrogens is 1. The van der Waals surface area contributed by atoms with Crippen molar-refractivity contribution in [1.29, 1.82) is 0 Å². The van der Waals surface area contributed by atoms with Crippen LogP contribution in [0.5, 0.6) is 11.5 Å².